The lowest BCUT2D eigenvalue weighted by molar-refractivity contribution is -0.116. The monoisotopic (exact) mass is 395 g/mol. The number of carbonyl (C=O) groups excluding carboxylic acids is 2. The van der Waals surface area contributed by atoms with E-state index in [-0.39, 0.29) is 18.4 Å². The van der Waals surface area contributed by atoms with E-state index in [1.807, 2.05) is 41.8 Å². The molecule has 0 aliphatic rings. The number of ether oxygens (including phenoxy) is 2. The predicted molar refractivity (Wildman–Crippen MR) is 113 cm³/mol. The SMILES string of the molecule is COc1cc(NC(=O)Cn2c(C)cc3ccccc32)c(C(=O)N(C)C)cc1OC. The number of amides is 2. The molecule has 0 aliphatic heterocycles. The summed E-state index contributed by atoms with van der Waals surface area (Å²) in [6, 6.07) is 13.1. The summed E-state index contributed by atoms with van der Waals surface area (Å²) in [7, 11) is 6.31. The van der Waals surface area contributed by atoms with Gasteiger partial charge in [0.1, 0.15) is 6.54 Å². The number of hydrogen-bond donors (Lipinski definition) is 1. The molecule has 29 heavy (non-hydrogen) atoms. The summed E-state index contributed by atoms with van der Waals surface area (Å²) in [5.41, 5.74) is 2.67. The van der Waals surface area contributed by atoms with Gasteiger partial charge in [0.25, 0.3) is 5.91 Å². The number of methoxy groups -OCH3 is 2. The molecule has 1 N–H and O–H groups in total. The molecular formula is C22H25N3O4. The van der Waals surface area contributed by atoms with Crippen LogP contribution in [-0.4, -0.2) is 49.6 Å². The fourth-order valence-corrected chi connectivity index (χ4v) is 3.29. The molecule has 0 aliphatic carbocycles. The molecule has 7 heteroatoms. The van der Waals surface area contributed by atoms with Crippen molar-refractivity contribution in [3.8, 4) is 11.5 Å². The average molecular weight is 395 g/mol. The zero-order chi connectivity index (χ0) is 21.1. The van der Waals surface area contributed by atoms with E-state index in [0.717, 1.165) is 16.6 Å². The second-order valence-corrected chi connectivity index (χ2v) is 6.93. The van der Waals surface area contributed by atoms with E-state index in [4.69, 9.17) is 9.47 Å². The molecule has 2 amide bonds. The van der Waals surface area contributed by atoms with Crippen LogP contribution in [0, 0.1) is 6.92 Å². The maximum atomic E-state index is 12.8. The van der Waals surface area contributed by atoms with E-state index in [1.54, 1.807) is 26.2 Å². The van der Waals surface area contributed by atoms with Gasteiger partial charge in [-0.05, 0) is 30.5 Å². The molecule has 3 aromatic rings. The van der Waals surface area contributed by atoms with Crippen molar-refractivity contribution in [1.82, 2.24) is 9.47 Å². The third-order valence-corrected chi connectivity index (χ3v) is 4.75. The lowest BCUT2D eigenvalue weighted by atomic mass is 10.1. The van der Waals surface area contributed by atoms with E-state index in [2.05, 4.69) is 5.32 Å². The number of rotatable bonds is 6. The molecule has 152 valence electrons. The van der Waals surface area contributed by atoms with Gasteiger partial charge < -0.3 is 24.3 Å². The first-order valence-corrected chi connectivity index (χ1v) is 9.18. The number of benzene rings is 2. The minimum atomic E-state index is -0.246. The van der Waals surface area contributed by atoms with Gasteiger partial charge in [-0.1, -0.05) is 18.2 Å². The third-order valence-electron chi connectivity index (χ3n) is 4.75. The van der Waals surface area contributed by atoms with Crippen LogP contribution >= 0.6 is 0 Å². The molecule has 3 rings (SSSR count). The van der Waals surface area contributed by atoms with Crippen LogP contribution < -0.4 is 14.8 Å². The number of nitrogens with one attached hydrogen (secondary N) is 1. The Hall–Kier alpha value is -3.48. The number of aromatic nitrogens is 1. The Morgan fingerprint density at radius 2 is 1.69 bits per heavy atom. The van der Waals surface area contributed by atoms with Gasteiger partial charge in [0.2, 0.25) is 5.91 Å². The molecule has 0 saturated heterocycles. The summed E-state index contributed by atoms with van der Waals surface area (Å²) < 4.78 is 12.6. The molecule has 0 bridgehead atoms. The largest absolute Gasteiger partial charge is 0.493 e. The molecule has 0 saturated carbocycles. The first kappa shape index (κ1) is 20.3. The lowest BCUT2D eigenvalue weighted by Gasteiger charge is -2.18. The Bertz CT molecular complexity index is 1070. The Morgan fingerprint density at radius 3 is 2.34 bits per heavy atom. The molecule has 1 heterocycles. The van der Waals surface area contributed by atoms with Crippen molar-refractivity contribution < 1.29 is 19.1 Å². The van der Waals surface area contributed by atoms with Gasteiger partial charge in [-0.15, -0.1) is 0 Å². The van der Waals surface area contributed by atoms with Crippen molar-refractivity contribution in [2.24, 2.45) is 0 Å². The van der Waals surface area contributed by atoms with Gasteiger partial charge in [0, 0.05) is 31.4 Å². The lowest BCUT2D eigenvalue weighted by Crippen LogP contribution is -2.25. The fourth-order valence-electron chi connectivity index (χ4n) is 3.29. The maximum Gasteiger partial charge on any atom is 0.255 e. The number of fused-ring (bicyclic) bond motifs is 1. The second kappa shape index (κ2) is 8.26. The molecular weight excluding hydrogens is 370 g/mol. The molecule has 0 radical (unpaired) electrons. The summed E-state index contributed by atoms with van der Waals surface area (Å²) in [4.78, 5) is 26.9. The first-order chi connectivity index (χ1) is 13.8. The highest BCUT2D eigenvalue weighted by molar-refractivity contribution is 6.04. The fraction of sp³-hybridized carbons (Fsp3) is 0.273. The summed E-state index contributed by atoms with van der Waals surface area (Å²) in [5, 5.41) is 3.94. The van der Waals surface area contributed by atoms with E-state index in [9.17, 15) is 9.59 Å². The Balaban J connectivity index is 1.94. The normalized spacial score (nSPS) is 10.7. The van der Waals surface area contributed by atoms with Gasteiger partial charge in [-0.25, -0.2) is 0 Å². The number of anilines is 1. The van der Waals surface area contributed by atoms with Crippen molar-refractivity contribution in [1.29, 1.82) is 0 Å². The number of nitrogens with zero attached hydrogens (tertiary/aromatic N) is 2. The van der Waals surface area contributed by atoms with Crippen LogP contribution in [0.4, 0.5) is 5.69 Å². The van der Waals surface area contributed by atoms with Crippen LogP contribution in [0.2, 0.25) is 0 Å². The van der Waals surface area contributed by atoms with Gasteiger partial charge in [-0.2, -0.15) is 0 Å². The van der Waals surface area contributed by atoms with Gasteiger partial charge in [0.15, 0.2) is 11.5 Å². The highest BCUT2D eigenvalue weighted by Gasteiger charge is 2.20. The van der Waals surface area contributed by atoms with Crippen molar-refractivity contribution in [2.45, 2.75) is 13.5 Å². The quantitative estimate of drug-likeness (QED) is 0.695. The Morgan fingerprint density at radius 1 is 1.03 bits per heavy atom. The van der Waals surface area contributed by atoms with E-state index < -0.39 is 0 Å². The Labute approximate surface area is 169 Å². The van der Waals surface area contributed by atoms with Gasteiger partial charge >= 0.3 is 0 Å². The number of para-hydroxylation sites is 1. The molecule has 0 atom stereocenters. The molecule has 7 nitrogen and oxygen atoms in total. The minimum Gasteiger partial charge on any atom is -0.493 e. The van der Waals surface area contributed by atoms with Crippen molar-refractivity contribution in [2.75, 3.05) is 33.6 Å². The summed E-state index contributed by atoms with van der Waals surface area (Å²) in [6.45, 7) is 2.09. The maximum absolute atomic E-state index is 12.8. The highest BCUT2D eigenvalue weighted by Crippen LogP contribution is 2.34. The first-order valence-electron chi connectivity index (χ1n) is 9.18. The van der Waals surface area contributed by atoms with Crippen molar-refractivity contribution in [3.05, 3.63) is 53.7 Å². The molecule has 1 aromatic heterocycles. The topological polar surface area (TPSA) is 72.8 Å². The highest BCUT2D eigenvalue weighted by atomic mass is 16.5. The van der Waals surface area contributed by atoms with Crippen LogP contribution in [0.25, 0.3) is 10.9 Å². The van der Waals surface area contributed by atoms with Gasteiger partial charge in [0.05, 0.1) is 25.5 Å². The second-order valence-electron chi connectivity index (χ2n) is 6.93. The van der Waals surface area contributed by atoms with Crippen molar-refractivity contribution in [3.63, 3.8) is 0 Å². The van der Waals surface area contributed by atoms with E-state index in [0.29, 0.717) is 22.7 Å². The summed E-state index contributed by atoms with van der Waals surface area (Å²) >= 11 is 0. The zero-order valence-electron chi connectivity index (χ0n) is 17.3. The number of aryl methyl sites for hydroxylation is 1. The standard InChI is InChI=1S/C22H25N3O4/c1-14-10-15-8-6-7-9-18(15)25(14)13-21(26)23-17-12-20(29-5)19(28-4)11-16(17)22(27)24(2)3/h6-12H,13H2,1-5H3,(H,23,26). The molecule has 0 unspecified atom stereocenters. The van der Waals surface area contributed by atoms with Crippen LogP contribution in [0.1, 0.15) is 16.1 Å². The minimum absolute atomic E-state index is 0.128. The van der Waals surface area contributed by atoms with Crippen LogP contribution in [0.5, 0.6) is 11.5 Å². The summed E-state index contributed by atoms with van der Waals surface area (Å²) in [5.74, 6) is 0.363. The number of hydrogen-bond acceptors (Lipinski definition) is 4. The third kappa shape index (κ3) is 4.03. The zero-order valence-corrected chi connectivity index (χ0v) is 17.3. The molecule has 2 aromatic carbocycles. The van der Waals surface area contributed by atoms with E-state index in [1.165, 1.54) is 19.1 Å². The smallest absolute Gasteiger partial charge is 0.255 e. The van der Waals surface area contributed by atoms with E-state index >= 15 is 0 Å². The van der Waals surface area contributed by atoms with Crippen LogP contribution in [0.15, 0.2) is 42.5 Å². The molecule has 0 spiro atoms. The predicted octanol–water partition coefficient (Wildman–Crippen LogP) is 3.31. The average Bonchev–Trinajstić information content (AvgIpc) is 3.02. The van der Waals surface area contributed by atoms with Crippen LogP contribution in [-0.2, 0) is 11.3 Å². The summed E-state index contributed by atoms with van der Waals surface area (Å²) in [6.07, 6.45) is 0. The van der Waals surface area contributed by atoms with Gasteiger partial charge in [-0.3, -0.25) is 9.59 Å². The van der Waals surface area contributed by atoms with Crippen LogP contribution in [0.3, 0.4) is 0 Å². The number of carbonyl (C=O) groups is 2. The molecule has 0 fully saturated rings. The Kier molecular flexibility index (Phi) is 5.77. The van der Waals surface area contributed by atoms with Crippen molar-refractivity contribution >= 4 is 28.4 Å².